The average Bonchev–Trinajstić information content (AvgIpc) is 2.83. The number of rotatable bonds is 3. The average molecular weight is 211 g/mol. The molecule has 14 heavy (non-hydrogen) atoms. The Kier molecular flexibility index (Phi) is 2.50. The second-order valence-corrected chi connectivity index (χ2v) is 4.53. The van der Waals surface area contributed by atoms with E-state index in [1.165, 1.54) is 18.4 Å². The maximum Gasteiger partial charge on any atom is 0.129 e. The molecule has 1 aliphatic carbocycles. The number of likely N-dealkylation sites (N-methyl/N-ethyl adjacent to an activating group) is 1. The lowest BCUT2D eigenvalue weighted by Gasteiger charge is -2.14. The highest BCUT2D eigenvalue weighted by molar-refractivity contribution is 6.29. The van der Waals surface area contributed by atoms with Crippen molar-refractivity contribution in [2.45, 2.75) is 31.7 Å². The maximum absolute atomic E-state index is 5.91. The third-order valence-electron chi connectivity index (χ3n) is 2.91. The Labute approximate surface area is 89.7 Å². The molecule has 1 aromatic rings. The van der Waals surface area contributed by atoms with Gasteiger partial charge in [-0.15, -0.1) is 0 Å². The van der Waals surface area contributed by atoms with Crippen LogP contribution >= 0.6 is 11.6 Å². The van der Waals surface area contributed by atoms with Gasteiger partial charge in [0.15, 0.2) is 0 Å². The summed E-state index contributed by atoms with van der Waals surface area (Å²) in [6.45, 7) is 1.98. The fourth-order valence-corrected chi connectivity index (χ4v) is 2.13. The van der Waals surface area contributed by atoms with E-state index >= 15 is 0 Å². The summed E-state index contributed by atoms with van der Waals surface area (Å²) in [5.41, 5.74) is 2.63. The monoisotopic (exact) mass is 210 g/mol. The number of nitrogens with zero attached hydrogens (tertiary/aromatic N) is 1. The number of hydrogen-bond donors (Lipinski definition) is 1. The van der Waals surface area contributed by atoms with E-state index in [1.807, 2.05) is 20.0 Å². The number of halogens is 1. The summed E-state index contributed by atoms with van der Waals surface area (Å²) in [6, 6.07) is 4.08. The maximum atomic E-state index is 5.91. The first-order chi connectivity index (χ1) is 6.63. The third-order valence-corrected chi connectivity index (χ3v) is 3.10. The van der Waals surface area contributed by atoms with Crippen LogP contribution in [0, 0.1) is 6.92 Å². The van der Waals surface area contributed by atoms with Crippen LogP contribution in [-0.2, 0) is 6.42 Å². The van der Waals surface area contributed by atoms with Crippen LogP contribution in [0.5, 0.6) is 0 Å². The van der Waals surface area contributed by atoms with Gasteiger partial charge in [0.25, 0.3) is 0 Å². The van der Waals surface area contributed by atoms with Gasteiger partial charge < -0.3 is 5.32 Å². The third kappa shape index (κ3) is 2.07. The van der Waals surface area contributed by atoms with Crippen molar-refractivity contribution in [2.24, 2.45) is 0 Å². The molecule has 0 spiro atoms. The molecule has 1 N–H and O–H groups in total. The van der Waals surface area contributed by atoms with Gasteiger partial charge >= 0.3 is 0 Å². The van der Waals surface area contributed by atoms with Crippen LogP contribution < -0.4 is 5.32 Å². The van der Waals surface area contributed by atoms with Crippen LogP contribution in [0.3, 0.4) is 0 Å². The zero-order chi connectivity index (χ0) is 10.2. The van der Waals surface area contributed by atoms with Gasteiger partial charge in [0.2, 0.25) is 0 Å². The van der Waals surface area contributed by atoms with Crippen LogP contribution in [0.25, 0.3) is 0 Å². The minimum absolute atomic E-state index is 0.344. The minimum Gasteiger partial charge on any atom is -0.314 e. The van der Waals surface area contributed by atoms with E-state index in [-0.39, 0.29) is 0 Å². The quantitative estimate of drug-likeness (QED) is 0.775. The number of nitrogens with one attached hydrogen (secondary N) is 1. The molecule has 1 aromatic heterocycles. The highest BCUT2D eigenvalue weighted by Gasteiger charge is 2.40. The molecular formula is C11H15ClN2. The molecule has 1 saturated carbocycles. The highest BCUT2D eigenvalue weighted by atomic mass is 35.5. The highest BCUT2D eigenvalue weighted by Crippen LogP contribution is 2.38. The van der Waals surface area contributed by atoms with E-state index in [0.29, 0.717) is 10.7 Å². The minimum atomic E-state index is 0.344. The summed E-state index contributed by atoms with van der Waals surface area (Å²) < 4.78 is 0. The van der Waals surface area contributed by atoms with E-state index in [2.05, 4.69) is 16.4 Å². The lowest BCUT2D eigenvalue weighted by Crippen LogP contribution is -2.29. The van der Waals surface area contributed by atoms with Gasteiger partial charge in [-0.2, -0.15) is 0 Å². The summed E-state index contributed by atoms with van der Waals surface area (Å²) in [7, 11) is 2.03. The molecular weight excluding hydrogens is 196 g/mol. The van der Waals surface area contributed by atoms with Gasteiger partial charge in [-0.05, 0) is 50.9 Å². The Bertz CT molecular complexity index is 325. The number of hydrogen-bond acceptors (Lipinski definition) is 2. The zero-order valence-electron chi connectivity index (χ0n) is 8.60. The second-order valence-electron chi connectivity index (χ2n) is 4.15. The molecule has 0 unspecified atom stereocenters. The van der Waals surface area contributed by atoms with Crippen LogP contribution in [0.1, 0.15) is 24.1 Å². The fourth-order valence-electron chi connectivity index (χ4n) is 1.85. The summed E-state index contributed by atoms with van der Waals surface area (Å²) in [5, 5.41) is 3.98. The molecule has 0 atom stereocenters. The topological polar surface area (TPSA) is 24.9 Å². The first-order valence-electron chi connectivity index (χ1n) is 4.96. The molecule has 1 fully saturated rings. The van der Waals surface area contributed by atoms with Gasteiger partial charge in [-0.25, -0.2) is 4.98 Å². The first kappa shape index (κ1) is 9.94. The normalized spacial score (nSPS) is 18.2. The Morgan fingerprint density at radius 3 is 2.71 bits per heavy atom. The van der Waals surface area contributed by atoms with E-state index in [4.69, 9.17) is 11.6 Å². The molecule has 0 amide bonds. The van der Waals surface area contributed by atoms with Gasteiger partial charge in [0, 0.05) is 11.2 Å². The lowest BCUT2D eigenvalue weighted by atomic mass is 10.1. The lowest BCUT2D eigenvalue weighted by molar-refractivity contribution is 0.548. The van der Waals surface area contributed by atoms with E-state index in [1.54, 1.807) is 0 Å². The summed E-state index contributed by atoms with van der Waals surface area (Å²) >= 11 is 5.91. The Balaban J connectivity index is 2.16. The first-order valence-corrected chi connectivity index (χ1v) is 5.33. The van der Waals surface area contributed by atoms with Crippen LogP contribution in [0.4, 0.5) is 0 Å². The number of pyridine rings is 1. The Hall–Kier alpha value is -0.600. The van der Waals surface area contributed by atoms with Crippen LogP contribution in [0.15, 0.2) is 12.1 Å². The largest absolute Gasteiger partial charge is 0.314 e. The molecule has 0 aromatic carbocycles. The van der Waals surface area contributed by atoms with Gasteiger partial charge in [0.1, 0.15) is 5.15 Å². The van der Waals surface area contributed by atoms with Crippen LogP contribution in [0.2, 0.25) is 5.15 Å². The molecule has 0 radical (unpaired) electrons. The van der Waals surface area contributed by atoms with Crippen molar-refractivity contribution in [3.05, 3.63) is 28.5 Å². The zero-order valence-corrected chi connectivity index (χ0v) is 9.36. The van der Waals surface area contributed by atoms with E-state index in [9.17, 15) is 0 Å². The van der Waals surface area contributed by atoms with Crippen molar-refractivity contribution in [1.29, 1.82) is 0 Å². The molecule has 76 valence electrons. The summed E-state index contributed by atoms with van der Waals surface area (Å²) in [4.78, 5) is 4.16. The molecule has 0 bridgehead atoms. The predicted molar refractivity (Wildman–Crippen MR) is 58.7 cm³/mol. The van der Waals surface area contributed by atoms with Crippen molar-refractivity contribution in [3.63, 3.8) is 0 Å². The van der Waals surface area contributed by atoms with Crippen molar-refractivity contribution in [2.75, 3.05) is 7.05 Å². The fraction of sp³-hybridized carbons (Fsp3) is 0.545. The molecule has 2 nitrogen and oxygen atoms in total. The Morgan fingerprint density at radius 1 is 1.50 bits per heavy atom. The molecule has 1 aliphatic rings. The number of aryl methyl sites for hydroxylation is 1. The van der Waals surface area contributed by atoms with Gasteiger partial charge in [-0.3, -0.25) is 0 Å². The van der Waals surface area contributed by atoms with E-state index in [0.717, 1.165) is 12.1 Å². The van der Waals surface area contributed by atoms with Gasteiger partial charge in [0.05, 0.1) is 0 Å². The SMILES string of the molecule is CNC1(Cc2cc(C)nc(Cl)c2)CC1. The molecule has 3 heteroatoms. The second kappa shape index (κ2) is 3.52. The summed E-state index contributed by atoms with van der Waals surface area (Å²) in [6.07, 6.45) is 3.59. The smallest absolute Gasteiger partial charge is 0.129 e. The van der Waals surface area contributed by atoms with Gasteiger partial charge in [-0.1, -0.05) is 11.6 Å². The van der Waals surface area contributed by atoms with Crippen molar-refractivity contribution < 1.29 is 0 Å². The summed E-state index contributed by atoms with van der Waals surface area (Å²) in [5.74, 6) is 0. The number of aromatic nitrogens is 1. The Morgan fingerprint density at radius 2 is 2.21 bits per heavy atom. The molecule has 2 rings (SSSR count). The van der Waals surface area contributed by atoms with Crippen molar-refractivity contribution in [1.82, 2.24) is 10.3 Å². The predicted octanol–water partition coefficient (Wildman–Crippen LogP) is 2.34. The molecule has 1 heterocycles. The molecule has 0 saturated heterocycles. The van der Waals surface area contributed by atoms with E-state index < -0.39 is 0 Å². The standard InChI is InChI=1S/C11H15ClN2/c1-8-5-9(6-10(12)14-8)7-11(13-2)3-4-11/h5-6,13H,3-4,7H2,1-2H3. The molecule has 0 aliphatic heterocycles. The van der Waals surface area contributed by atoms with Crippen LogP contribution in [-0.4, -0.2) is 17.6 Å². The van der Waals surface area contributed by atoms with Crippen molar-refractivity contribution in [3.8, 4) is 0 Å². The van der Waals surface area contributed by atoms with Crippen molar-refractivity contribution >= 4 is 11.6 Å².